The van der Waals surface area contributed by atoms with Crippen molar-refractivity contribution >= 4 is 19.2 Å². The van der Waals surface area contributed by atoms with E-state index >= 15 is 0 Å². The van der Waals surface area contributed by atoms with Crippen molar-refractivity contribution in [3.8, 4) is 0 Å². The van der Waals surface area contributed by atoms with Crippen LogP contribution in [0, 0.1) is 39.7 Å². The third-order valence-electron chi connectivity index (χ3n) is 5.82. The fourth-order valence-electron chi connectivity index (χ4n) is 4.57. The van der Waals surface area contributed by atoms with E-state index in [2.05, 4.69) is 90.9 Å². The molecule has 0 spiro atoms. The zero-order valence-corrected chi connectivity index (χ0v) is 24.7. The minimum Gasteiger partial charge on any atom is -1.00 e. The summed E-state index contributed by atoms with van der Waals surface area (Å²) in [5.74, 6) is 0.607. The van der Waals surface area contributed by atoms with Crippen LogP contribution < -0.4 is 47.6 Å². The molecule has 0 bridgehead atoms. The maximum atomic E-state index is 3.92. The van der Waals surface area contributed by atoms with E-state index in [9.17, 15) is 0 Å². The van der Waals surface area contributed by atoms with Crippen molar-refractivity contribution in [3.05, 3.63) is 81.1 Å². The van der Waals surface area contributed by atoms with E-state index in [4.69, 9.17) is 0 Å². The van der Waals surface area contributed by atoms with Crippen LogP contribution in [0.15, 0.2) is 52.7 Å². The van der Waals surface area contributed by atoms with Crippen molar-refractivity contribution in [2.75, 3.05) is 0 Å². The molecular weight excluding hydrogens is 495 g/mol. The first-order valence-electron chi connectivity index (χ1n) is 10.3. The molecular formula is C26H33Cl3SiTi. The van der Waals surface area contributed by atoms with E-state index in [0.29, 0.717) is 5.92 Å². The van der Waals surface area contributed by atoms with Gasteiger partial charge < -0.3 is 37.2 Å². The van der Waals surface area contributed by atoms with E-state index in [0.717, 1.165) is 6.42 Å². The molecule has 31 heavy (non-hydrogen) atoms. The van der Waals surface area contributed by atoms with E-state index < -0.39 is 8.80 Å². The second-order valence-corrected chi connectivity index (χ2v) is 11.5. The fourth-order valence-corrected chi connectivity index (χ4v) is 8.29. The molecule has 1 atom stereocenters. The van der Waals surface area contributed by atoms with Gasteiger partial charge in [-0.05, 0) is 27.7 Å². The van der Waals surface area contributed by atoms with Crippen molar-refractivity contribution in [3.63, 3.8) is 0 Å². The van der Waals surface area contributed by atoms with Crippen LogP contribution in [0.5, 0.6) is 0 Å². The molecule has 2 aromatic carbocycles. The first-order valence-corrected chi connectivity index (χ1v) is 12.0. The van der Waals surface area contributed by atoms with Crippen molar-refractivity contribution in [1.29, 1.82) is 0 Å². The van der Waals surface area contributed by atoms with Gasteiger partial charge in [-0.15, -0.1) is 6.92 Å². The van der Waals surface area contributed by atoms with Crippen LogP contribution in [0.1, 0.15) is 55.9 Å². The van der Waals surface area contributed by atoms with Gasteiger partial charge in [0, 0.05) is 0 Å². The summed E-state index contributed by atoms with van der Waals surface area (Å²) in [7, 11) is -1.48. The summed E-state index contributed by atoms with van der Waals surface area (Å²) < 4.78 is 0. The topological polar surface area (TPSA) is 0 Å². The molecule has 0 amide bonds. The predicted octanol–water partition coefficient (Wildman–Crippen LogP) is -3.69. The molecule has 0 nitrogen and oxygen atoms in total. The summed E-state index contributed by atoms with van der Waals surface area (Å²) in [6.45, 7) is 15.9. The van der Waals surface area contributed by atoms with Crippen LogP contribution in [0.25, 0.3) is 0 Å². The van der Waals surface area contributed by atoms with Crippen molar-refractivity contribution in [2.24, 2.45) is 5.92 Å². The monoisotopic (exact) mass is 526 g/mol. The summed E-state index contributed by atoms with van der Waals surface area (Å²) in [6, 6.07) is 14.3. The average molecular weight is 528 g/mol. The fraction of sp³-hybridized carbons (Fsp3) is 0.385. The molecule has 3 rings (SSSR count). The minimum absolute atomic E-state index is 0. The molecule has 1 aliphatic rings. The van der Waals surface area contributed by atoms with E-state index in [1.165, 1.54) is 39.8 Å². The van der Waals surface area contributed by atoms with Crippen LogP contribution in [0.2, 0.25) is 0 Å². The molecule has 0 radical (unpaired) electrons. The molecule has 5 heteroatoms. The van der Waals surface area contributed by atoms with Crippen LogP contribution in [0.4, 0.5) is 0 Å². The number of hydrogen-bond donors (Lipinski definition) is 0. The Balaban J connectivity index is 0. The number of hydrogen-bond acceptors (Lipinski definition) is 0. The third kappa shape index (κ3) is 7.91. The van der Waals surface area contributed by atoms with Gasteiger partial charge in [0.15, 0.2) is 0 Å². The second-order valence-electron chi connectivity index (χ2n) is 8.61. The van der Waals surface area contributed by atoms with Crippen LogP contribution in [-0.4, -0.2) is 8.80 Å². The van der Waals surface area contributed by atoms with Gasteiger partial charge in [-0.1, -0.05) is 102 Å². The molecule has 0 aliphatic heterocycles. The smallest absolute Gasteiger partial charge is 1.00 e. The molecule has 0 saturated heterocycles. The standard InChI is InChI=1S/C26H33Si.3ClH.Ti/c1-8-21(6)26-16-25(15-22(26)7)27(23-11-17(2)9-18(3)12-23)24-13-19(4)10-20(5)14-24;;;;/h9-14,21,27H,8,15H2,1-7H3;3*1H;/q-1;;;;+4/p-3. The van der Waals surface area contributed by atoms with Gasteiger partial charge in [0.2, 0.25) is 0 Å². The summed E-state index contributed by atoms with van der Waals surface area (Å²) >= 11 is 0. The van der Waals surface area contributed by atoms with Crippen molar-refractivity contribution in [1.82, 2.24) is 0 Å². The Kier molecular flexibility index (Phi) is 14.9. The van der Waals surface area contributed by atoms with Crippen LogP contribution in [0.3, 0.4) is 0 Å². The molecule has 0 aromatic heterocycles. The van der Waals surface area contributed by atoms with Gasteiger partial charge >= 0.3 is 21.7 Å². The first kappa shape index (κ1) is 32.9. The molecule has 0 heterocycles. The SMILES string of the molecule is CCC(C)C1=C(C)CC([SiH](c2cc(C)cc(C)c2)c2cc(C)cc(C)c2)=[C-]1.[Cl-].[Cl-].[Cl-].[Ti+4]. The Bertz CT molecular complexity index is 842. The Hall–Kier alpha value is -0.279. The maximum absolute atomic E-state index is 3.92. The minimum atomic E-state index is -1.48. The largest absolute Gasteiger partial charge is 4.00 e. The Morgan fingerprint density at radius 1 is 0.774 bits per heavy atom. The third-order valence-corrected chi connectivity index (χ3v) is 8.86. The quantitative estimate of drug-likeness (QED) is 0.278. The predicted molar refractivity (Wildman–Crippen MR) is 122 cm³/mol. The Labute approximate surface area is 225 Å². The summed E-state index contributed by atoms with van der Waals surface area (Å²) in [4.78, 5) is 0. The average Bonchev–Trinajstić information content (AvgIpc) is 2.94. The molecule has 0 N–H and O–H groups in total. The van der Waals surface area contributed by atoms with E-state index in [-0.39, 0.29) is 58.9 Å². The summed E-state index contributed by atoms with van der Waals surface area (Å²) in [5.41, 5.74) is 8.49. The second kappa shape index (κ2) is 14.1. The zero-order chi connectivity index (χ0) is 19.7. The first-order chi connectivity index (χ1) is 12.8. The number of allylic oxidation sites excluding steroid dienone is 4. The zero-order valence-electron chi connectivity index (χ0n) is 19.7. The van der Waals surface area contributed by atoms with Crippen molar-refractivity contribution < 1.29 is 58.9 Å². The van der Waals surface area contributed by atoms with Gasteiger partial charge in [0.05, 0.1) is 0 Å². The van der Waals surface area contributed by atoms with Gasteiger partial charge in [0.25, 0.3) is 0 Å². The summed E-state index contributed by atoms with van der Waals surface area (Å²) in [5, 5.41) is 4.65. The normalized spacial score (nSPS) is 13.5. The number of benzene rings is 2. The molecule has 2 aromatic rings. The Morgan fingerprint density at radius 2 is 1.16 bits per heavy atom. The summed E-state index contributed by atoms with van der Waals surface area (Å²) in [6.07, 6.45) is 6.22. The van der Waals surface area contributed by atoms with E-state index in [1.807, 2.05) is 0 Å². The Morgan fingerprint density at radius 3 is 1.52 bits per heavy atom. The van der Waals surface area contributed by atoms with Gasteiger partial charge in [0.1, 0.15) is 8.80 Å². The van der Waals surface area contributed by atoms with E-state index in [1.54, 1.807) is 15.6 Å². The molecule has 166 valence electrons. The molecule has 0 saturated carbocycles. The van der Waals surface area contributed by atoms with Crippen LogP contribution >= 0.6 is 0 Å². The number of aryl methyl sites for hydroxylation is 4. The van der Waals surface area contributed by atoms with Crippen molar-refractivity contribution in [2.45, 2.75) is 61.3 Å². The molecule has 1 aliphatic carbocycles. The van der Waals surface area contributed by atoms with Crippen LogP contribution in [-0.2, 0) is 21.7 Å². The number of rotatable bonds is 5. The van der Waals surface area contributed by atoms with Gasteiger partial charge in [-0.25, -0.2) is 11.1 Å². The maximum Gasteiger partial charge on any atom is 4.00 e. The molecule has 0 fully saturated rings. The number of halogens is 3. The van der Waals surface area contributed by atoms with Gasteiger partial charge in [-0.2, -0.15) is 5.20 Å². The van der Waals surface area contributed by atoms with Gasteiger partial charge in [-0.3, -0.25) is 6.08 Å². The molecule has 1 unspecified atom stereocenters.